The molecule has 5 nitrogen and oxygen atoms in total. The zero-order chi connectivity index (χ0) is 15.9. The molecule has 1 atom stereocenters. The molecule has 0 aliphatic carbocycles. The van der Waals surface area contributed by atoms with E-state index >= 15 is 0 Å². The van der Waals surface area contributed by atoms with Gasteiger partial charge in [-0.2, -0.15) is 0 Å². The Labute approximate surface area is 131 Å². The van der Waals surface area contributed by atoms with Crippen LogP contribution in [0.4, 0.5) is 0 Å². The lowest BCUT2D eigenvalue weighted by Gasteiger charge is -2.16. The minimum Gasteiger partial charge on any atom is -0.385 e. The van der Waals surface area contributed by atoms with Crippen molar-refractivity contribution in [3.05, 3.63) is 35.4 Å². The Bertz CT molecular complexity index is 530. The molecule has 1 aromatic carbocycles. The zero-order valence-corrected chi connectivity index (χ0v) is 13.3. The van der Waals surface area contributed by atoms with Gasteiger partial charge in [0.2, 0.25) is 11.8 Å². The number of ether oxygens (including phenoxy) is 1. The first kappa shape index (κ1) is 16.5. The van der Waals surface area contributed by atoms with Crippen LogP contribution in [-0.4, -0.2) is 43.5 Å². The molecule has 1 fully saturated rings. The SMILES string of the molecule is COCCCN1CC(C(=O)NCc2cccc(C)c2)CC1=O. The minimum atomic E-state index is -0.236. The van der Waals surface area contributed by atoms with E-state index in [9.17, 15) is 9.59 Å². The number of carbonyl (C=O) groups is 2. The highest BCUT2D eigenvalue weighted by atomic mass is 16.5. The number of hydrogen-bond donors (Lipinski definition) is 1. The van der Waals surface area contributed by atoms with Gasteiger partial charge in [0.25, 0.3) is 0 Å². The molecular formula is C17H24N2O3. The predicted molar refractivity (Wildman–Crippen MR) is 84.2 cm³/mol. The molecule has 1 unspecified atom stereocenters. The van der Waals surface area contributed by atoms with Crippen molar-refractivity contribution < 1.29 is 14.3 Å². The molecule has 0 bridgehead atoms. The van der Waals surface area contributed by atoms with E-state index in [0.29, 0.717) is 32.7 Å². The summed E-state index contributed by atoms with van der Waals surface area (Å²) < 4.78 is 4.99. The molecule has 0 radical (unpaired) electrons. The van der Waals surface area contributed by atoms with Crippen molar-refractivity contribution >= 4 is 11.8 Å². The van der Waals surface area contributed by atoms with Crippen LogP contribution in [0.25, 0.3) is 0 Å². The lowest BCUT2D eigenvalue weighted by Crippen LogP contribution is -2.33. The van der Waals surface area contributed by atoms with Crippen molar-refractivity contribution in [3.8, 4) is 0 Å². The van der Waals surface area contributed by atoms with E-state index in [4.69, 9.17) is 4.74 Å². The summed E-state index contributed by atoms with van der Waals surface area (Å²) in [4.78, 5) is 25.9. The third-order valence-corrected chi connectivity index (χ3v) is 3.91. The van der Waals surface area contributed by atoms with E-state index in [0.717, 1.165) is 12.0 Å². The van der Waals surface area contributed by atoms with E-state index in [2.05, 4.69) is 11.4 Å². The van der Waals surface area contributed by atoms with E-state index in [1.165, 1.54) is 5.56 Å². The summed E-state index contributed by atoms with van der Waals surface area (Å²) in [5.41, 5.74) is 2.25. The standard InChI is InChI=1S/C17H24N2O3/c1-13-5-3-6-14(9-13)11-18-17(21)15-10-16(20)19(12-15)7-4-8-22-2/h3,5-6,9,15H,4,7-8,10-12H2,1-2H3,(H,18,21). The number of rotatable bonds is 7. The molecule has 120 valence electrons. The number of carbonyl (C=O) groups excluding carboxylic acids is 2. The molecule has 1 aliphatic rings. The topological polar surface area (TPSA) is 58.6 Å². The fraction of sp³-hybridized carbons (Fsp3) is 0.529. The smallest absolute Gasteiger partial charge is 0.225 e. The fourth-order valence-electron chi connectivity index (χ4n) is 2.72. The van der Waals surface area contributed by atoms with Crippen molar-refractivity contribution in [2.75, 3.05) is 26.8 Å². The van der Waals surface area contributed by atoms with Crippen molar-refractivity contribution in [2.45, 2.75) is 26.3 Å². The van der Waals surface area contributed by atoms with Crippen LogP contribution >= 0.6 is 0 Å². The summed E-state index contributed by atoms with van der Waals surface area (Å²) in [5.74, 6) is -0.212. The molecule has 1 aromatic rings. The molecule has 0 saturated carbocycles. The summed E-state index contributed by atoms with van der Waals surface area (Å²) in [6.45, 7) is 4.35. The third-order valence-electron chi connectivity index (χ3n) is 3.91. The molecule has 2 amide bonds. The molecule has 1 aliphatic heterocycles. The first-order valence-electron chi connectivity index (χ1n) is 7.70. The quantitative estimate of drug-likeness (QED) is 0.777. The normalized spacial score (nSPS) is 17.8. The molecule has 5 heteroatoms. The third kappa shape index (κ3) is 4.56. The second-order valence-electron chi connectivity index (χ2n) is 5.79. The number of nitrogens with zero attached hydrogens (tertiary/aromatic N) is 1. The highest BCUT2D eigenvalue weighted by Crippen LogP contribution is 2.18. The first-order valence-corrected chi connectivity index (χ1v) is 7.70. The largest absolute Gasteiger partial charge is 0.385 e. The van der Waals surface area contributed by atoms with Gasteiger partial charge < -0.3 is 15.0 Å². The number of likely N-dealkylation sites (tertiary alicyclic amines) is 1. The summed E-state index contributed by atoms with van der Waals surface area (Å²) >= 11 is 0. The van der Waals surface area contributed by atoms with Crippen LogP contribution in [0.15, 0.2) is 24.3 Å². The lowest BCUT2D eigenvalue weighted by atomic mass is 10.1. The Morgan fingerprint density at radius 2 is 2.27 bits per heavy atom. The van der Waals surface area contributed by atoms with Crippen LogP contribution in [0.2, 0.25) is 0 Å². The second kappa shape index (κ2) is 7.94. The monoisotopic (exact) mass is 304 g/mol. The maximum absolute atomic E-state index is 12.2. The van der Waals surface area contributed by atoms with Gasteiger partial charge in [-0.25, -0.2) is 0 Å². The van der Waals surface area contributed by atoms with Crippen molar-refractivity contribution in [1.82, 2.24) is 10.2 Å². The van der Waals surface area contributed by atoms with Gasteiger partial charge >= 0.3 is 0 Å². The van der Waals surface area contributed by atoms with Gasteiger partial charge in [0.1, 0.15) is 0 Å². The molecule has 1 saturated heterocycles. The number of aryl methyl sites for hydroxylation is 1. The average Bonchev–Trinajstić information content (AvgIpc) is 2.87. The van der Waals surface area contributed by atoms with Crippen LogP contribution < -0.4 is 5.32 Å². The van der Waals surface area contributed by atoms with Gasteiger partial charge in [-0.1, -0.05) is 29.8 Å². The van der Waals surface area contributed by atoms with Gasteiger partial charge in [-0.15, -0.1) is 0 Å². The van der Waals surface area contributed by atoms with Gasteiger partial charge in [0.05, 0.1) is 5.92 Å². The second-order valence-corrected chi connectivity index (χ2v) is 5.79. The summed E-state index contributed by atoms with van der Waals surface area (Å²) in [5, 5.41) is 2.93. The predicted octanol–water partition coefficient (Wildman–Crippen LogP) is 1.50. The molecule has 1 N–H and O–H groups in total. The van der Waals surface area contributed by atoms with E-state index in [1.807, 2.05) is 25.1 Å². The number of amides is 2. The number of hydrogen-bond acceptors (Lipinski definition) is 3. The molecular weight excluding hydrogens is 280 g/mol. The van der Waals surface area contributed by atoms with Crippen molar-refractivity contribution in [1.29, 1.82) is 0 Å². The summed E-state index contributed by atoms with van der Waals surface area (Å²) in [7, 11) is 1.65. The maximum atomic E-state index is 12.2. The van der Waals surface area contributed by atoms with Crippen LogP contribution in [0, 0.1) is 12.8 Å². The van der Waals surface area contributed by atoms with E-state index in [1.54, 1.807) is 12.0 Å². The Hall–Kier alpha value is -1.88. The van der Waals surface area contributed by atoms with E-state index < -0.39 is 0 Å². The van der Waals surface area contributed by atoms with Gasteiger partial charge in [0, 0.05) is 39.8 Å². The van der Waals surface area contributed by atoms with Crippen molar-refractivity contribution in [3.63, 3.8) is 0 Å². The Morgan fingerprint density at radius 1 is 1.45 bits per heavy atom. The Kier molecular flexibility index (Phi) is 5.95. The molecule has 1 heterocycles. The number of benzene rings is 1. The van der Waals surface area contributed by atoms with Crippen LogP contribution in [0.3, 0.4) is 0 Å². The van der Waals surface area contributed by atoms with Crippen molar-refractivity contribution in [2.24, 2.45) is 5.92 Å². The lowest BCUT2D eigenvalue weighted by molar-refractivity contribution is -0.129. The average molecular weight is 304 g/mol. The summed E-state index contributed by atoms with van der Waals surface area (Å²) in [6.07, 6.45) is 1.12. The van der Waals surface area contributed by atoms with Crippen LogP contribution in [0.1, 0.15) is 24.0 Å². The number of nitrogens with one attached hydrogen (secondary N) is 1. The molecule has 0 aromatic heterocycles. The van der Waals surface area contributed by atoms with Gasteiger partial charge in [0.15, 0.2) is 0 Å². The summed E-state index contributed by atoms with van der Waals surface area (Å²) in [6, 6.07) is 8.05. The van der Waals surface area contributed by atoms with Gasteiger partial charge in [-0.05, 0) is 18.9 Å². The Morgan fingerprint density at radius 3 is 3.00 bits per heavy atom. The Balaban J connectivity index is 1.79. The zero-order valence-electron chi connectivity index (χ0n) is 13.3. The molecule has 22 heavy (non-hydrogen) atoms. The highest BCUT2D eigenvalue weighted by Gasteiger charge is 2.33. The highest BCUT2D eigenvalue weighted by molar-refractivity contribution is 5.89. The maximum Gasteiger partial charge on any atom is 0.225 e. The van der Waals surface area contributed by atoms with Gasteiger partial charge in [-0.3, -0.25) is 9.59 Å². The van der Waals surface area contributed by atoms with Crippen LogP contribution in [0.5, 0.6) is 0 Å². The molecule has 0 spiro atoms. The molecule has 2 rings (SSSR count). The first-order chi connectivity index (χ1) is 10.6. The van der Waals surface area contributed by atoms with E-state index in [-0.39, 0.29) is 17.7 Å². The minimum absolute atomic E-state index is 0.0379. The number of methoxy groups -OCH3 is 1. The van der Waals surface area contributed by atoms with Crippen LogP contribution in [-0.2, 0) is 20.9 Å². The fourth-order valence-corrected chi connectivity index (χ4v) is 2.72.